The third kappa shape index (κ3) is 4.23. The van der Waals surface area contributed by atoms with E-state index in [1.165, 1.54) is 0 Å². The van der Waals surface area contributed by atoms with Gasteiger partial charge in [-0.1, -0.05) is 85.0 Å². The van der Waals surface area contributed by atoms with Crippen molar-refractivity contribution in [3.05, 3.63) is 96.1 Å². The standard InChI is InChI=1S/C21H19N3/c22-20(18-12-6-2-7-13-18)24-21(19-14-8-3-9-15-19)23-16-17-10-4-1-5-11-17/h1-12,14-16,18,22H,13H2. The Labute approximate surface area is 142 Å². The third-order valence-corrected chi connectivity index (χ3v) is 3.73. The fourth-order valence-electron chi connectivity index (χ4n) is 2.41. The maximum Gasteiger partial charge on any atom is 0.161 e. The molecule has 1 aliphatic carbocycles. The lowest BCUT2D eigenvalue weighted by Gasteiger charge is -2.11. The number of hydrogen-bond donors (Lipinski definition) is 1. The van der Waals surface area contributed by atoms with Crippen LogP contribution >= 0.6 is 0 Å². The molecule has 0 amide bonds. The second-order valence-electron chi connectivity index (χ2n) is 5.51. The van der Waals surface area contributed by atoms with Gasteiger partial charge in [-0.05, 0) is 12.0 Å². The molecule has 1 unspecified atom stereocenters. The van der Waals surface area contributed by atoms with Crippen molar-refractivity contribution in [3.63, 3.8) is 0 Å². The zero-order valence-corrected chi connectivity index (χ0v) is 13.3. The highest BCUT2D eigenvalue weighted by atomic mass is 15.0. The van der Waals surface area contributed by atoms with E-state index in [1.54, 1.807) is 6.21 Å². The molecule has 0 bridgehead atoms. The van der Waals surface area contributed by atoms with Gasteiger partial charge in [0.05, 0.1) is 0 Å². The van der Waals surface area contributed by atoms with Gasteiger partial charge in [0.15, 0.2) is 5.84 Å². The minimum Gasteiger partial charge on any atom is -0.286 e. The first-order valence-corrected chi connectivity index (χ1v) is 7.98. The van der Waals surface area contributed by atoms with Crippen LogP contribution in [0.5, 0.6) is 0 Å². The lowest BCUT2D eigenvalue weighted by molar-refractivity contribution is 0.852. The van der Waals surface area contributed by atoms with Gasteiger partial charge in [0.1, 0.15) is 5.84 Å². The van der Waals surface area contributed by atoms with Crippen LogP contribution in [-0.2, 0) is 0 Å². The van der Waals surface area contributed by atoms with Crippen LogP contribution in [-0.4, -0.2) is 17.9 Å². The predicted molar refractivity (Wildman–Crippen MR) is 101 cm³/mol. The molecule has 2 aromatic rings. The normalized spacial score (nSPS) is 17.3. The number of nitrogens with zero attached hydrogens (tertiary/aromatic N) is 2. The summed E-state index contributed by atoms with van der Waals surface area (Å²) in [5.41, 5.74) is 1.91. The molecule has 1 N–H and O–H groups in total. The van der Waals surface area contributed by atoms with Crippen molar-refractivity contribution in [1.82, 2.24) is 0 Å². The number of benzene rings is 2. The van der Waals surface area contributed by atoms with E-state index in [4.69, 9.17) is 5.41 Å². The van der Waals surface area contributed by atoms with Crippen LogP contribution in [0.2, 0.25) is 0 Å². The van der Waals surface area contributed by atoms with Gasteiger partial charge in [-0.15, -0.1) is 0 Å². The maximum atomic E-state index is 8.30. The molecule has 3 heteroatoms. The van der Waals surface area contributed by atoms with Crippen molar-refractivity contribution in [3.8, 4) is 0 Å². The summed E-state index contributed by atoms with van der Waals surface area (Å²) in [6, 6.07) is 19.7. The summed E-state index contributed by atoms with van der Waals surface area (Å²) in [6.45, 7) is 0. The lowest BCUT2D eigenvalue weighted by Crippen LogP contribution is -2.12. The van der Waals surface area contributed by atoms with Gasteiger partial charge in [-0.25, -0.2) is 9.98 Å². The van der Waals surface area contributed by atoms with E-state index >= 15 is 0 Å². The van der Waals surface area contributed by atoms with Gasteiger partial charge in [-0.2, -0.15) is 0 Å². The number of hydrogen-bond acceptors (Lipinski definition) is 1. The molecule has 1 atom stereocenters. The van der Waals surface area contributed by atoms with Crippen molar-refractivity contribution in [2.75, 3.05) is 0 Å². The number of nitrogens with one attached hydrogen (secondary N) is 1. The monoisotopic (exact) mass is 313 g/mol. The van der Waals surface area contributed by atoms with Crippen molar-refractivity contribution >= 4 is 17.9 Å². The number of rotatable bonds is 3. The van der Waals surface area contributed by atoms with E-state index in [0.717, 1.165) is 17.5 Å². The number of aliphatic imine (C=N–C) groups is 2. The lowest BCUT2D eigenvalue weighted by atomic mass is 10.00. The summed E-state index contributed by atoms with van der Waals surface area (Å²) in [6.07, 6.45) is 10.6. The second-order valence-corrected chi connectivity index (χ2v) is 5.51. The van der Waals surface area contributed by atoms with E-state index in [2.05, 4.69) is 16.1 Å². The molecule has 0 spiro atoms. The Bertz CT molecular complexity index is 799. The number of amidine groups is 2. The van der Waals surface area contributed by atoms with Crippen molar-refractivity contribution in [2.45, 2.75) is 6.42 Å². The average molecular weight is 313 g/mol. The van der Waals surface area contributed by atoms with Crippen LogP contribution in [0.4, 0.5) is 0 Å². The molecular formula is C21H19N3. The van der Waals surface area contributed by atoms with Gasteiger partial charge < -0.3 is 0 Å². The molecule has 0 aromatic heterocycles. The highest BCUT2D eigenvalue weighted by Crippen LogP contribution is 2.15. The van der Waals surface area contributed by atoms with E-state index in [0.29, 0.717) is 11.7 Å². The van der Waals surface area contributed by atoms with Crippen LogP contribution in [0.15, 0.2) is 95.0 Å². The molecule has 0 aliphatic heterocycles. The molecule has 0 fully saturated rings. The van der Waals surface area contributed by atoms with Crippen LogP contribution in [0.1, 0.15) is 17.5 Å². The SMILES string of the molecule is N=C(N=C(N=Cc1ccccc1)c1ccccc1)C1C=CC=CC1. The second kappa shape index (κ2) is 7.97. The first-order valence-electron chi connectivity index (χ1n) is 7.98. The van der Waals surface area contributed by atoms with Crippen LogP contribution in [0, 0.1) is 11.3 Å². The molecule has 1 aliphatic rings. The van der Waals surface area contributed by atoms with Gasteiger partial charge in [0.2, 0.25) is 0 Å². The minimum absolute atomic E-state index is 0.0145. The van der Waals surface area contributed by atoms with E-state index in [1.807, 2.05) is 78.9 Å². The molecule has 0 heterocycles. The van der Waals surface area contributed by atoms with Gasteiger partial charge >= 0.3 is 0 Å². The fraction of sp³-hybridized carbons (Fsp3) is 0.0952. The quantitative estimate of drug-likeness (QED) is 0.633. The molecule has 118 valence electrons. The predicted octanol–water partition coefficient (Wildman–Crippen LogP) is 4.66. The molecule has 24 heavy (non-hydrogen) atoms. The molecule has 3 rings (SSSR count). The highest BCUT2D eigenvalue weighted by molar-refractivity contribution is 6.10. The number of allylic oxidation sites excluding steroid dienone is 3. The molecular weight excluding hydrogens is 294 g/mol. The van der Waals surface area contributed by atoms with Gasteiger partial charge in [0.25, 0.3) is 0 Å². The minimum atomic E-state index is 0.0145. The summed E-state index contributed by atoms with van der Waals surface area (Å²) in [7, 11) is 0. The summed E-state index contributed by atoms with van der Waals surface area (Å²) in [5, 5.41) is 8.30. The Morgan fingerprint density at radius 2 is 1.67 bits per heavy atom. The van der Waals surface area contributed by atoms with Gasteiger partial charge in [0, 0.05) is 17.7 Å². The van der Waals surface area contributed by atoms with Crippen LogP contribution in [0.3, 0.4) is 0 Å². The fourth-order valence-corrected chi connectivity index (χ4v) is 2.41. The van der Waals surface area contributed by atoms with Crippen molar-refractivity contribution in [1.29, 1.82) is 5.41 Å². The summed E-state index contributed by atoms with van der Waals surface area (Å²) in [4.78, 5) is 9.04. The smallest absolute Gasteiger partial charge is 0.161 e. The first-order chi connectivity index (χ1) is 11.8. The first kappa shape index (κ1) is 15.8. The van der Waals surface area contributed by atoms with E-state index in [-0.39, 0.29) is 5.92 Å². The van der Waals surface area contributed by atoms with Crippen molar-refractivity contribution in [2.24, 2.45) is 15.9 Å². The topological polar surface area (TPSA) is 48.6 Å². The van der Waals surface area contributed by atoms with Gasteiger partial charge in [-0.3, -0.25) is 5.41 Å². The Hall–Kier alpha value is -3.07. The van der Waals surface area contributed by atoms with Crippen LogP contribution < -0.4 is 0 Å². The molecule has 0 saturated heterocycles. The Morgan fingerprint density at radius 1 is 0.958 bits per heavy atom. The molecule has 0 radical (unpaired) electrons. The van der Waals surface area contributed by atoms with E-state index in [9.17, 15) is 0 Å². The molecule has 3 nitrogen and oxygen atoms in total. The average Bonchev–Trinajstić information content (AvgIpc) is 2.67. The zero-order chi connectivity index (χ0) is 16.6. The summed E-state index contributed by atoms with van der Waals surface area (Å²) < 4.78 is 0. The zero-order valence-electron chi connectivity index (χ0n) is 13.3. The molecule has 0 saturated carbocycles. The summed E-state index contributed by atoms with van der Waals surface area (Å²) >= 11 is 0. The largest absolute Gasteiger partial charge is 0.286 e. The molecule has 2 aromatic carbocycles. The highest BCUT2D eigenvalue weighted by Gasteiger charge is 2.12. The van der Waals surface area contributed by atoms with Crippen LogP contribution in [0.25, 0.3) is 0 Å². The maximum absolute atomic E-state index is 8.30. The summed E-state index contributed by atoms with van der Waals surface area (Å²) in [5.74, 6) is 0.910. The van der Waals surface area contributed by atoms with Crippen molar-refractivity contribution < 1.29 is 0 Å². The Kier molecular flexibility index (Phi) is 5.25. The van der Waals surface area contributed by atoms with E-state index < -0.39 is 0 Å². The Morgan fingerprint density at radius 3 is 2.33 bits per heavy atom. The Balaban J connectivity index is 1.89. The third-order valence-electron chi connectivity index (χ3n) is 3.73.